The summed E-state index contributed by atoms with van der Waals surface area (Å²) in [6.07, 6.45) is 1.34. The van der Waals surface area contributed by atoms with Gasteiger partial charge in [-0.05, 0) is 17.5 Å². The van der Waals surface area contributed by atoms with Crippen molar-refractivity contribution in [1.29, 1.82) is 0 Å². The highest BCUT2D eigenvalue weighted by Gasteiger charge is 2.30. The first-order valence-corrected chi connectivity index (χ1v) is 6.16. The van der Waals surface area contributed by atoms with E-state index in [1.807, 2.05) is 0 Å². The molecule has 1 heterocycles. The van der Waals surface area contributed by atoms with Crippen LogP contribution in [0.2, 0.25) is 0 Å². The van der Waals surface area contributed by atoms with E-state index in [9.17, 15) is 0 Å². The third kappa shape index (κ3) is 2.11. The summed E-state index contributed by atoms with van der Waals surface area (Å²) in [6, 6.07) is 21.2. The molecule has 3 rings (SSSR count). The second kappa shape index (κ2) is 4.72. The van der Waals surface area contributed by atoms with Crippen LogP contribution in [0.3, 0.4) is 0 Å². The van der Waals surface area contributed by atoms with Crippen LogP contribution in [0.25, 0.3) is 0 Å². The summed E-state index contributed by atoms with van der Waals surface area (Å²) < 4.78 is 5.91. The highest BCUT2D eigenvalue weighted by atomic mass is 16.5. The zero-order valence-corrected chi connectivity index (χ0v) is 9.75. The van der Waals surface area contributed by atoms with Crippen molar-refractivity contribution in [2.24, 2.45) is 0 Å². The Bertz CT molecular complexity index is 418. The molecule has 2 aromatic carbocycles. The quantitative estimate of drug-likeness (QED) is 0.751. The molecular weight excluding hydrogens is 208 g/mol. The molecule has 1 aliphatic heterocycles. The van der Waals surface area contributed by atoms with Crippen LogP contribution in [-0.2, 0) is 4.74 Å². The van der Waals surface area contributed by atoms with Crippen molar-refractivity contribution >= 4 is 0 Å². The molecule has 86 valence electrons. The van der Waals surface area contributed by atoms with Crippen LogP contribution in [-0.4, -0.2) is 6.61 Å². The van der Waals surface area contributed by atoms with Gasteiger partial charge in [0.2, 0.25) is 0 Å². The lowest BCUT2D eigenvalue weighted by atomic mass is 9.89. The van der Waals surface area contributed by atoms with E-state index in [0.29, 0.717) is 5.92 Å². The fraction of sp³-hybridized carbons (Fsp3) is 0.250. The maximum Gasteiger partial charge on any atom is 0.0894 e. The van der Waals surface area contributed by atoms with E-state index < -0.39 is 0 Å². The lowest BCUT2D eigenvalue weighted by Gasteiger charge is -2.19. The topological polar surface area (TPSA) is 9.23 Å². The molecule has 1 fully saturated rings. The van der Waals surface area contributed by atoms with E-state index in [1.54, 1.807) is 0 Å². The first-order valence-electron chi connectivity index (χ1n) is 6.16. The van der Waals surface area contributed by atoms with E-state index >= 15 is 0 Å². The summed E-state index contributed by atoms with van der Waals surface area (Å²) in [5, 5.41) is 0. The van der Waals surface area contributed by atoms with Gasteiger partial charge >= 0.3 is 0 Å². The SMILES string of the molecule is c1ccc([C@H]2OCC[C@H]2c2ccccc2)cc1. The van der Waals surface area contributed by atoms with Gasteiger partial charge in [0.1, 0.15) is 0 Å². The Morgan fingerprint density at radius 3 is 2.00 bits per heavy atom. The molecule has 0 unspecified atom stereocenters. The van der Waals surface area contributed by atoms with Crippen molar-refractivity contribution in [3.05, 3.63) is 71.8 Å². The predicted molar refractivity (Wildman–Crippen MR) is 68.9 cm³/mol. The minimum Gasteiger partial charge on any atom is -0.373 e. The monoisotopic (exact) mass is 224 g/mol. The highest BCUT2D eigenvalue weighted by Crippen LogP contribution is 2.41. The van der Waals surface area contributed by atoms with E-state index in [0.717, 1.165) is 13.0 Å². The molecule has 2 aromatic rings. The van der Waals surface area contributed by atoms with Gasteiger partial charge < -0.3 is 4.74 Å². The highest BCUT2D eigenvalue weighted by molar-refractivity contribution is 5.28. The number of hydrogen-bond acceptors (Lipinski definition) is 1. The average Bonchev–Trinajstić information content (AvgIpc) is 2.90. The van der Waals surface area contributed by atoms with Gasteiger partial charge in [0.05, 0.1) is 6.10 Å². The molecule has 1 saturated heterocycles. The molecule has 2 atom stereocenters. The molecule has 0 radical (unpaired) electrons. The second-order valence-corrected chi connectivity index (χ2v) is 4.51. The van der Waals surface area contributed by atoms with E-state index in [4.69, 9.17) is 4.74 Å². The summed E-state index contributed by atoms with van der Waals surface area (Å²) in [5.74, 6) is 0.499. The molecule has 0 amide bonds. The fourth-order valence-electron chi connectivity index (χ4n) is 2.60. The van der Waals surface area contributed by atoms with Crippen LogP contribution in [0.1, 0.15) is 29.6 Å². The van der Waals surface area contributed by atoms with Crippen molar-refractivity contribution in [2.75, 3.05) is 6.61 Å². The Morgan fingerprint density at radius 1 is 0.765 bits per heavy atom. The Balaban J connectivity index is 1.91. The van der Waals surface area contributed by atoms with Crippen LogP contribution in [0.4, 0.5) is 0 Å². The third-order valence-corrected chi connectivity index (χ3v) is 3.45. The normalized spacial score (nSPS) is 23.8. The number of hydrogen-bond donors (Lipinski definition) is 0. The van der Waals surface area contributed by atoms with Gasteiger partial charge in [-0.25, -0.2) is 0 Å². The van der Waals surface area contributed by atoms with Crippen molar-refractivity contribution in [2.45, 2.75) is 18.4 Å². The van der Waals surface area contributed by atoms with Gasteiger partial charge in [-0.1, -0.05) is 60.7 Å². The number of ether oxygens (including phenoxy) is 1. The maximum atomic E-state index is 5.91. The van der Waals surface area contributed by atoms with Crippen LogP contribution < -0.4 is 0 Å². The van der Waals surface area contributed by atoms with Crippen molar-refractivity contribution < 1.29 is 4.74 Å². The van der Waals surface area contributed by atoms with Crippen LogP contribution >= 0.6 is 0 Å². The average molecular weight is 224 g/mol. The van der Waals surface area contributed by atoms with E-state index in [1.165, 1.54) is 11.1 Å². The van der Waals surface area contributed by atoms with Crippen LogP contribution in [0.5, 0.6) is 0 Å². The Kier molecular flexibility index (Phi) is 2.93. The van der Waals surface area contributed by atoms with Gasteiger partial charge in [0.25, 0.3) is 0 Å². The van der Waals surface area contributed by atoms with Crippen LogP contribution in [0, 0.1) is 0 Å². The van der Waals surface area contributed by atoms with E-state index in [2.05, 4.69) is 60.7 Å². The predicted octanol–water partition coefficient (Wildman–Crippen LogP) is 3.93. The molecule has 0 N–H and O–H groups in total. The van der Waals surface area contributed by atoms with Gasteiger partial charge in [-0.2, -0.15) is 0 Å². The van der Waals surface area contributed by atoms with Crippen molar-refractivity contribution in [1.82, 2.24) is 0 Å². The van der Waals surface area contributed by atoms with Gasteiger partial charge in [-0.3, -0.25) is 0 Å². The van der Waals surface area contributed by atoms with Crippen LogP contribution in [0.15, 0.2) is 60.7 Å². The summed E-state index contributed by atoms with van der Waals surface area (Å²) >= 11 is 0. The largest absolute Gasteiger partial charge is 0.373 e. The second-order valence-electron chi connectivity index (χ2n) is 4.51. The summed E-state index contributed by atoms with van der Waals surface area (Å²) in [7, 11) is 0. The molecular formula is C16H16O. The maximum absolute atomic E-state index is 5.91. The molecule has 0 aromatic heterocycles. The zero-order chi connectivity index (χ0) is 11.5. The van der Waals surface area contributed by atoms with Gasteiger partial charge in [-0.15, -0.1) is 0 Å². The first kappa shape index (κ1) is 10.5. The molecule has 1 aliphatic rings. The van der Waals surface area contributed by atoms with Crippen molar-refractivity contribution in [3.63, 3.8) is 0 Å². The molecule has 0 aliphatic carbocycles. The summed E-state index contributed by atoms with van der Waals surface area (Å²) in [6.45, 7) is 0.860. The smallest absolute Gasteiger partial charge is 0.0894 e. The summed E-state index contributed by atoms with van der Waals surface area (Å²) in [4.78, 5) is 0. The van der Waals surface area contributed by atoms with Gasteiger partial charge in [0, 0.05) is 12.5 Å². The Morgan fingerprint density at radius 2 is 1.35 bits per heavy atom. The Labute approximate surface area is 102 Å². The molecule has 0 saturated carbocycles. The molecule has 1 heteroatoms. The lowest BCUT2D eigenvalue weighted by molar-refractivity contribution is 0.104. The summed E-state index contributed by atoms with van der Waals surface area (Å²) in [5.41, 5.74) is 2.68. The first-order chi connectivity index (χ1) is 8.45. The molecule has 17 heavy (non-hydrogen) atoms. The van der Waals surface area contributed by atoms with Crippen molar-refractivity contribution in [3.8, 4) is 0 Å². The van der Waals surface area contributed by atoms with E-state index in [-0.39, 0.29) is 6.10 Å². The lowest BCUT2D eigenvalue weighted by Crippen LogP contribution is -2.05. The molecule has 0 bridgehead atoms. The minimum atomic E-state index is 0.221. The Hall–Kier alpha value is -1.60. The standard InChI is InChI=1S/C16H16O/c1-3-7-13(8-4-1)15-11-12-17-16(15)14-9-5-2-6-10-14/h1-10,15-16H,11-12H2/t15-,16+/m0/s1. The number of benzene rings is 2. The zero-order valence-electron chi connectivity index (χ0n) is 9.75. The van der Waals surface area contributed by atoms with Gasteiger partial charge in [0.15, 0.2) is 0 Å². The third-order valence-electron chi connectivity index (χ3n) is 3.45. The number of rotatable bonds is 2. The molecule has 1 nitrogen and oxygen atoms in total. The molecule has 0 spiro atoms. The fourth-order valence-corrected chi connectivity index (χ4v) is 2.60. The minimum absolute atomic E-state index is 0.221.